The molecule has 0 unspecified atom stereocenters. The van der Waals surface area contributed by atoms with Gasteiger partial charge < -0.3 is 23.8 Å². The number of nitrogens with zero attached hydrogens (tertiary/aromatic N) is 3. The molecule has 7 rings (SSSR count). The van der Waals surface area contributed by atoms with Gasteiger partial charge in [-0.15, -0.1) is 0 Å². The first kappa shape index (κ1) is 44.0. The molecular weight excluding hydrogens is 801 g/mol. The van der Waals surface area contributed by atoms with E-state index in [0.29, 0.717) is 65.9 Å². The zero-order chi connectivity index (χ0) is 43.9. The van der Waals surface area contributed by atoms with Crippen LogP contribution in [0.25, 0.3) is 22.3 Å². The smallest absolute Gasteiger partial charge is 0.307 e. The number of hydrogen-bond acceptors (Lipinski definition) is 12. The summed E-state index contributed by atoms with van der Waals surface area (Å²) >= 11 is 0. The number of amides is 2. The molecule has 0 bridgehead atoms. The minimum absolute atomic E-state index is 0.000436. The molecule has 2 aliphatic carbocycles. The van der Waals surface area contributed by atoms with Crippen LogP contribution in [0.1, 0.15) is 92.4 Å². The summed E-state index contributed by atoms with van der Waals surface area (Å²) in [5.74, 6) is -1.30. The fourth-order valence-electron chi connectivity index (χ4n) is 8.87. The number of benzene rings is 2. The van der Waals surface area contributed by atoms with Crippen LogP contribution in [0.3, 0.4) is 0 Å². The molecule has 7 atom stereocenters. The van der Waals surface area contributed by atoms with Gasteiger partial charge in [0.25, 0.3) is 0 Å². The number of fused-ring (bicyclic) bond motifs is 3. The topological polar surface area (TPSA) is 180 Å². The number of hydrogen-bond donors (Lipinski definition) is 1. The Balaban J connectivity index is 1.26. The van der Waals surface area contributed by atoms with Crippen molar-refractivity contribution in [2.75, 3.05) is 20.8 Å². The molecule has 0 spiro atoms. The van der Waals surface area contributed by atoms with Crippen LogP contribution in [0.15, 0.2) is 54.6 Å². The predicted octanol–water partition coefficient (Wildman–Crippen LogP) is 6.60. The van der Waals surface area contributed by atoms with Crippen LogP contribution in [0.4, 0.5) is 0 Å². The first-order valence-corrected chi connectivity index (χ1v) is 22.9. The Morgan fingerprint density at radius 3 is 2.33 bits per heavy atom. The van der Waals surface area contributed by atoms with Gasteiger partial charge in [-0.25, -0.2) is 13.4 Å². The number of nitrogens with one attached hydrogen (secondary N) is 1. The number of ketones is 1. The van der Waals surface area contributed by atoms with Crippen molar-refractivity contribution in [2.24, 2.45) is 29.1 Å². The van der Waals surface area contributed by atoms with E-state index < -0.39 is 56.2 Å². The van der Waals surface area contributed by atoms with Crippen molar-refractivity contribution >= 4 is 44.5 Å². The maximum atomic E-state index is 15.1. The molecule has 15 heteroatoms. The van der Waals surface area contributed by atoms with Crippen LogP contribution in [-0.2, 0) is 33.9 Å². The van der Waals surface area contributed by atoms with Crippen LogP contribution in [0, 0.1) is 29.1 Å². The highest BCUT2D eigenvalue weighted by Gasteiger charge is 2.61. The van der Waals surface area contributed by atoms with Crippen LogP contribution in [0.2, 0.25) is 0 Å². The molecule has 14 nitrogen and oxygen atoms in total. The fraction of sp³-hybridized carbons (Fsp3) is 0.565. The molecule has 1 saturated heterocycles. The average molecular weight is 859 g/mol. The molecule has 3 fully saturated rings. The molecule has 2 aliphatic heterocycles. The Morgan fingerprint density at radius 2 is 1.66 bits per heavy atom. The summed E-state index contributed by atoms with van der Waals surface area (Å²) in [4.78, 5) is 68.5. The third-order valence-electron chi connectivity index (χ3n) is 12.5. The minimum Gasteiger partial charge on any atom is -0.497 e. The summed E-state index contributed by atoms with van der Waals surface area (Å²) in [6, 6.07) is 11.6. The van der Waals surface area contributed by atoms with Crippen molar-refractivity contribution in [1.82, 2.24) is 19.6 Å². The maximum Gasteiger partial charge on any atom is 0.307 e. The van der Waals surface area contributed by atoms with Crippen molar-refractivity contribution in [3.8, 4) is 28.8 Å². The lowest BCUT2D eigenvalue weighted by atomic mass is 9.82. The quantitative estimate of drug-likeness (QED) is 0.171. The predicted molar refractivity (Wildman–Crippen MR) is 228 cm³/mol. The number of ether oxygens (including phenoxy) is 4. The minimum atomic E-state index is -3.88. The van der Waals surface area contributed by atoms with Crippen LogP contribution in [-0.4, -0.2) is 90.6 Å². The Bertz CT molecular complexity index is 2300. The first-order chi connectivity index (χ1) is 28.9. The summed E-state index contributed by atoms with van der Waals surface area (Å²) in [5, 5.41) is -0.0281. The van der Waals surface area contributed by atoms with E-state index in [0.717, 1.165) is 6.42 Å². The van der Waals surface area contributed by atoms with Crippen LogP contribution < -0.4 is 18.9 Å². The highest BCUT2D eigenvalue weighted by molar-refractivity contribution is 7.90. The number of Topliss-reactive ketones (excluding diaryl/α,β-unsaturated/α-hetero) is 1. The van der Waals surface area contributed by atoms with Crippen molar-refractivity contribution in [1.29, 1.82) is 0 Å². The molecule has 2 amide bonds. The average Bonchev–Trinajstić information content (AvgIpc) is 4.14. The largest absolute Gasteiger partial charge is 0.497 e. The Morgan fingerprint density at radius 1 is 0.951 bits per heavy atom. The molecule has 2 saturated carbocycles. The van der Waals surface area contributed by atoms with Gasteiger partial charge in [0.05, 0.1) is 60.7 Å². The number of methoxy groups -OCH3 is 2. The van der Waals surface area contributed by atoms with Gasteiger partial charge in [-0.05, 0) is 113 Å². The number of esters is 1. The lowest BCUT2D eigenvalue weighted by Crippen LogP contribution is -2.47. The van der Waals surface area contributed by atoms with Gasteiger partial charge in [-0.2, -0.15) is 4.98 Å². The number of allylic oxidation sites excluding steroid dienone is 2. The van der Waals surface area contributed by atoms with Gasteiger partial charge in [0.15, 0.2) is 11.6 Å². The molecular formula is C46H58N4O10S. The third-order valence-corrected chi connectivity index (χ3v) is 14.3. The van der Waals surface area contributed by atoms with E-state index in [4.69, 9.17) is 28.9 Å². The summed E-state index contributed by atoms with van der Waals surface area (Å²) < 4.78 is 51.6. The first-order valence-electron chi connectivity index (χ1n) is 21.3. The third kappa shape index (κ3) is 10.0. The molecule has 4 aliphatic rings. The number of aromatic nitrogens is 2. The zero-order valence-corrected chi connectivity index (χ0v) is 37.0. The molecule has 3 heterocycles. The number of carbonyl (C=O) groups is 4. The number of rotatable bonds is 10. The monoisotopic (exact) mass is 858 g/mol. The summed E-state index contributed by atoms with van der Waals surface area (Å²) in [6.45, 7) is 9.41. The van der Waals surface area contributed by atoms with E-state index in [1.54, 1.807) is 65.3 Å². The van der Waals surface area contributed by atoms with E-state index in [1.807, 2.05) is 31.2 Å². The van der Waals surface area contributed by atoms with E-state index >= 15 is 4.79 Å². The van der Waals surface area contributed by atoms with E-state index in [-0.39, 0.29) is 61.1 Å². The molecule has 328 valence electrons. The normalized spacial score (nSPS) is 27.8. The molecule has 1 N–H and O–H groups in total. The van der Waals surface area contributed by atoms with Gasteiger partial charge in [0.2, 0.25) is 27.7 Å². The highest BCUT2D eigenvalue weighted by atomic mass is 32.2. The Labute approximate surface area is 358 Å². The second kappa shape index (κ2) is 17.4. The van der Waals surface area contributed by atoms with Crippen molar-refractivity contribution in [3.05, 3.63) is 54.6 Å². The molecule has 0 radical (unpaired) electrons. The Kier molecular flexibility index (Phi) is 12.5. The van der Waals surface area contributed by atoms with E-state index in [2.05, 4.69) is 11.6 Å². The van der Waals surface area contributed by atoms with Crippen LogP contribution >= 0.6 is 0 Å². The molecule has 1 aromatic heterocycles. The second-order valence-corrected chi connectivity index (χ2v) is 20.4. The van der Waals surface area contributed by atoms with Crippen molar-refractivity contribution < 1.29 is 46.5 Å². The molecule has 3 aromatic rings. The van der Waals surface area contributed by atoms with E-state index in [9.17, 15) is 22.8 Å². The molecule has 61 heavy (non-hydrogen) atoms. The van der Waals surface area contributed by atoms with Gasteiger partial charge in [-0.1, -0.05) is 26.0 Å². The maximum absolute atomic E-state index is 15.1. The van der Waals surface area contributed by atoms with Gasteiger partial charge in [-0.3, -0.25) is 23.9 Å². The lowest BCUT2D eigenvalue weighted by Gasteiger charge is -2.32. The Hall–Kier alpha value is -5.05. The molecule has 2 aromatic carbocycles. The van der Waals surface area contributed by atoms with Crippen LogP contribution in [0.5, 0.6) is 17.4 Å². The number of carbonyl (C=O) groups excluding carboxylic acids is 4. The van der Waals surface area contributed by atoms with E-state index in [1.165, 1.54) is 4.90 Å². The van der Waals surface area contributed by atoms with Gasteiger partial charge in [0, 0.05) is 24.5 Å². The fourth-order valence-corrected chi connectivity index (χ4v) is 10.3. The number of sulfonamides is 1. The summed E-state index contributed by atoms with van der Waals surface area (Å²) in [6.07, 6.45) is 6.28. The van der Waals surface area contributed by atoms with Gasteiger partial charge >= 0.3 is 5.97 Å². The zero-order valence-electron chi connectivity index (χ0n) is 36.1. The summed E-state index contributed by atoms with van der Waals surface area (Å²) in [5.41, 5.74) is -0.801. The van der Waals surface area contributed by atoms with Crippen molar-refractivity contribution in [3.63, 3.8) is 0 Å². The van der Waals surface area contributed by atoms with Gasteiger partial charge in [0.1, 0.15) is 23.2 Å². The lowest BCUT2D eigenvalue weighted by molar-refractivity contribution is -0.160. The second-order valence-electron chi connectivity index (χ2n) is 18.5. The summed E-state index contributed by atoms with van der Waals surface area (Å²) in [7, 11) is -0.737. The SMILES string of the molecule is COc1ccc(-c2nc(O[C@@H]3C[C@H]4C(=O)C[C@]5(C(=O)NS(=O)(=O)C6CC6)C[C@H]5/C=C\CC[C@@H](C)C[C@@H](C)[C@H](CC(=O)OC(C)(C)C)C(=O)N4C3)c3ccc(OC)cc3n2)cc1. The standard InChI is InChI=1S/C46H58N4O10S/c1-27-10-8-9-11-30-24-46(30,44(54)49-61(55,56)34-17-18-34)25-39(51)38-22-33(26-50(38)43(53)36(28(2)20-27)23-40(52)60-45(3,4)5)59-42-35-19-16-32(58-7)21-37(35)47-41(48-42)29-12-14-31(57-6)15-13-29/h9,11-16,19,21,27-28,30,33-34,36,38H,8,10,17-18,20,22-26H2,1-7H3,(H,49,54)/b11-9-/t27-,28-,30-,33-,36+,38+,46-/m1/s1. The highest BCUT2D eigenvalue weighted by Crippen LogP contribution is 2.57. The van der Waals surface area contributed by atoms with Crippen molar-refractivity contribution in [2.45, 2.75) is 115 Å².